The highest BCUT2D eigenvalue weighted by molar-refractivity contribution is 8.01. The fourth-order valence-electron chi connectivity index (χ4n) is 2.92. The smallest absolute Gasteiger partial charge is 0.324 e. The van der Waals surface area contributed by atoms with Gasteiger partial charge in [0.1, 0.15) is 6.04 Å². The summed E-state index contributed by atoms with van der Waals surface area (Å²) in [5, 5.41) is 14.1. The highest BCUT2D eigenvalue weighted by Crippen LogP contribution is 2.46. The van der Waals surface area contributed by atoms with Crippen molar-refractivity contribution in [2.75, 3.05) is 12.4 Å². The lowest BCUT2D eigenvalue weighted by Crippen LogP contribution is -2.59. The third-order valence-corrected chi connectivity index (χ3v) is 5.70. The molecule has 18 heavy (non-hydrogen) atoms. The van der Waals surface area contributed by atoms with Crippen molar-refractivity contribution in [3.8, 4) is 0 Å². The molecule has 0 aromatic carbocycles. The van der Waals surface area contributed by atoms with Crippen LogP contribution in [0.3, 0.4) is 0 Å². The largest absolute Gasteiger partial charge is 0.465 e. The van der Waals surface area contributed by atoms with E-state index in [0.717, 1.165) is 25.7 Å². The third-order valence-electron chi connectivity index (χ3n) is 4.13. The Morgan fingerprint density at radius 1 is 1.44 bits per heavy atom. The van der Waals surface area contributed by atoms with E-state index in [4.69, 9.17) is 4.74 Å². The maximum absolute atomic E-state index is 11.7. The second-order valence-corrected chi connectivity index (χ2v) is 6.82. The van der Waals surface area contributed by atoms with Crippen LogP contribution in [0.15, 0.2) is 0 Å². The molecule has 0 amide bonds. The van der Waals surface area contributed by atoms with E-state index in [-0.39, 0.29) is 12.0 Å². The zero-order valence-corrected chi connectivity index (χ0v) is 12.0. The molecule has 2 N–H and O–H groups in total. The van der Waals surface area contributed by atoms with Gasteiger partial charge >= 0.3 is 5.97 Å². The molecular weight excluding hydrogens is 250 g/mol. The van der Waals surface area contributed by atoms with Gasteiger partial charge in [0, 0.05) is 5.75 Å². The first kappa shape index (κ1) is 14.2. The maximum atomic E-state index is 11.7. The Balaban J connectivity index is 2.03. The molecule has 0 radical (unpaired) electrons. The van der Waals surface area contributed by atoms with E-state index in [1.54, 1.807) is 11.8 Å². The summed E-state index contributed by atoms with van der Waals surface area (Å²) in [6.45, 7) is 4.23. The van der Waals surface area contributed by atoms with Crippen LogP contribution in [0.5, 0.6) is 0 Å². The van der Waals surface area contributed by atoms with Crippen LogP contribution in [0.1, 0.15) is 46.0 Å². The summed E-state index contributed by atoms with van der Waals surface area (Å²) >= 11 is 1.65. The predicted molar refractivity (Wildman–Crippen MR) is 72.5 cm³/mol. The second-order valence-electron chi connectivity index (χ2n) is 5.39. The van der Waals surface area contributed by atoms with Gasteiger partial charge in [-0.05, 0) is 26.7 Å². The Labute approximate surface area is 113 Å². The Kier molecular flexibility index (Phi) is 4.24. The molecule has 104 valence electrons. The zero-order chi connectivity index (χ0) is 13.2. The van der Waals surface area contributed by atoms with Gasteiger partial charge in [0.25, 0.3) is 0 Å². The molecule has 2 atom stereocenters. The van der Waals surface area contributed by atoms with Gasteiger partial charge in [-0.2, -0.15) is 0 Å². The topological polar surface area (TPSA) is 58.6 Å². The number of nitrogens with one attached hydrogen (secondary N) is 1. The molecule has 1 aliphatic heterocycles. The van der Waals surface area contributed by atoms with Gasteiger partial charge in [-0.3, -0.25) is 10.1 Å². The lowest BCUT2D eigenvalue weighted by atomic mass is 9.79. The van der Waals surface area contributed by atoms with Gasteiger partial charge in [-0.1, -0.05) is 19.3 Å². The van der Waals surface area contributed by atoms with Crippen LogP contribution in [0.2, 0.25) is 0 Å². The molecule has 2 aliphatic rings. The molecule has 1 aliphatic carbocycles. The minimum absolute atomic E-state index is 0.201. The Morgan fingerprint density at radius 2 is 2.11 bits per heavy atom. The number of hydrogen-bond donors (Lipinski definition) is 2. The number of hydrogen-bond acceptors (Lipinski definition) is 5. The maximum Gasteiger partial charge on any atom is 0.324 e. The van der Waals surface area contributed by atoms with Crippen molar-refractivity contribution < 1.29 is 14.6 Å². The quantitative estimate of drug-likeness (QED) is 0.766. The lowest BCUT2D eigenvalue weighted by molar-refractivity contribution is -0.145. The van der Waals surface area contributed by atoms with Gasteiger partial charge in [0.05, 0.1) is 17.1 Å². The second kappa shape index (κ2) is 5.39. The Bertz CT molecular complexity index is 317. The molecule has 0 bridgehead atoms. The predicted octanol–water partition coefficient (Wildman–Crippen LogP) is 1.67. The Hall–Kier alpha value is -0.260. The van der Waals surface area contributed by atoms with Crippen LogP contribution in [-0.4, -0.2) is 39.9 Å². The fourth-order valence-corrected chi connectivity index (χ4v) is 4.34. The molecule has 0 aromatic heterocycles. The number of carbonyl (C=O) groups excluding carboxylic acids is 1. The van der Waals surface area contributed by atoms with Crippen LogP contribution in [0, 0.1) is 0 Å². The van der Waals surface area contributed by atoms with Crippen LogP contribution in [0.4, 0.5) is 0 Å². The summed E-state index contributed by atoms with van der Waals surface area (Å²) < 4.78 is 5.04. The molecule has 0 aromatic rings. The minimum Gasteiger partial charge on any atom is -0.465 e. The number of rotatable bonds is 3. The average Bonchev–Trinajstić information content (AvgIpc) is 2.75. The SMILES string of the molecule is CCOC(=O)[C@@H]1CSC(C)(C2(O)CCCCC2)N1. The normalized spacial score (nSPS) is 35.4. The summed E-state index contributed by atoms with van der Waals surface area (Å²) in [6.07, 6.45) is 4.97. The molecule has 0 spiro atoms. The standard InChI is InChI=1S/C13H23NO3S/c1-3-17-11(15)10-9-18-12(2,14-10)13(16)7-5-4-6-8-13/h10,14,16H,3-9H2,1-2H3/t10-,12?/m0/s1. The highest BCUT2D eigenvalue weighted by atomic mass is 32.2. The summed E-state index contributed by atoms with van der Waals surface area (Å²) in [4.78, 5) is 11.3. The van der Waals surface area contributed by atoms with Crippen molar-refractivity contribution in [1.82, 2.24) is 5.32 Å². The van der Waals surface area contributed by atoms with Crippen LogP contribution in [0.25, 0.3) is 0 Å². The molecule has 2 fully saturated rings. The van der Waals surface area contributed by atoms with Gasteiger partial charge < -0.3 is 9.84 Å². The van der Waals surface area contributed by atoms with Crippen LogP contribution < -0.4 is 5.32 Å². The van der Waals surface area contributed by atoms with Crippen molar-refractivity contribution in [1.29, 1.82) is 0 Å². The average molecular weight is 273 g/mol. The van der Waals surface area contributed by atoms with E-state index >= 15 is 0 Å². The first-order chi connectivity index (χ1) is 8.51. The molecule has 1 saturated carbocycles. The minimum atomic E-state index is -0.697. The number of esters is 1. The van der Waals surface area contributed by atoms with Crippen molar-refractivity contribution in [3.05, 3.63) is 0 Å². The molecular formula is C13H23NO3S. The number of thioether (sulfide) groups is 1. The monoisotopic (exact) mass is 273 g/mol. The third kappa shape index (κ3) is 2.53. The van der Waals surface area contributed by atoms with E-state index in [9.17, 15) is 9.90 Å². The number of aliphatic hydroxyl groups is 1. The molecule has 1 unspecified atom stereocenters. The molecule has 2 rings (SSSR count). The Morgan fingerprint density at radius 3 is 2.72 bits per heavy atom. The van der Waals surface area contributed by atoms with E-state index in [1.165, 1.54) is 6.42 Å². The van der Waals surface area contributed by atoms with Crippen LogP contribution >= 0.6 is 11.8 Å². The number of carbonyl (C=O) groups is 1. The van der Waals surface area contributed by atoms with Crippen molar-refractivity contribution in [2.45, 2.75) is 62.5 Å². The molecule has 4 nitrogen and oxygen atoms in total. The summed E-state index contributed by atoms with van der Waals surface area (Å²) in [5.74, 6) is 0.477. The number of ether oxygens (including phenoxy) is 1. The summed E-state index contributed by atoms with van der Waals surface area (Å²) in [7, 11) is 0. The van der Waals surface area contributed by atoms with Gasteiger partial charge in [-0.25, -0.2) is 0 Å². The lowest BCUT2D eigenvalue weighted by Gasteiger charge is -2.44. The van der Waals surface area contributed by atoms with Crippen molar-refractivity contribution >= 4 is 17.7 Å². The van der Waals surface area contributed by atoms with Crippen molar-refractivity contribution in [2.24, 2.45) is 0 Å². The van der Waals surface area contributed by atoms with Gasteiger partial charge in [0.15, 0.2) is 0 Å². The zero-order valence-electron chi connectivity index (χ0n) is 11.2. The first-order valence-corrected chi connectivity index (χ1v) is 7.80. The molecule has 1 saturated heterocycles. The van der Waals surface area contributed by atoms with Gasteiger partial charge in [0.2, 0.25) is 0 Å². The summed E-state index contributed by atoms with van der Waals surface area (Å²) in [5.41, 5.74) is -0.697. The first-order valence-electron chi connectivity index (χ1n) is 6.81. The fraction of sp³-hybridized carbons (Fsp3) is 0.923. The van der Waals surface area contributed by atoms with Crippen molar-refractivity contribution in [3.63, 3.8) is 0 Å². The van der Waals surface area contributed by atoms with E-state index in [1.807, 2.05) is 13.8 Å². The van der Waals surface area contributed by atoms with E-state index < -0.39 is 10.5 Å². The van der Waals surface area contributed by atoms with Gasteiger partial charge in [-0.15, -0.1) is 11.8 Å². The molecule has 1 heterocycles. The van der Waals surface area contributed by atoms with E-state index in [2.05, 4.69) is 5.32 Å². The van der Waals surface area contributed by atoms with Crippen LogP contribution in [-0.2, 0) is 9.53 Å². The molecule has 5 heteroatoms. The summed E-state index contributed by atoms with van der Waals surface area (Å²) in [6, 6.07) is -0.286. The highest BCUT2D eigenvalue weighted by Gasteiger charge is 2.53. The van der Waals surface area contributed by atoms with E-state index in [0.29, 0.717) is 12.4 Å².